The molecule has 1 N–H and O–H groups in total. The van der Waals surface area contributed by atoms with E-state index in [0.29, 0.717) is 19.8 Å². The third-order valence-electron chi connectivity index (χ3n) is 3.44. The second-order valence-electron chi connectivity index (χ2n) is 7.22. The quantitative estimate of drug-likeness (QED) is 0.754. The molecule has 0 aromatic heterocycles. The van der Waals surface area contributed by atoms with Crippen LogP contribution in [-0.4, -0.2) is 43.2 Å². The molecule has 4 heteroatoms. The Hall–Kier alpha value is -1.10. The standard InChI is InChI=1S/C19H32O4/c1-14(20)11-21-15(2)12-22-16(3)13-23-18-9-7-17(8-10-18)19(4,5)6/h7-10,14-16,20H,11-13H2,1-6H3. The Kier molecular flexibility index (Phi) is 8.03. The highest BCUT2D eigenvalue weighted by atomic mass is 16.6. The molecule has 0 spiro atoms. The Morgan fingerprint density at radius 3 is 1.91 bits per heavy atom. The monoisotopic (exact) mass is 324 g/mol. The summed E-state index contributed by atoms with van der Waals surface area (Å²) in [5.74, 6) is 0.854. The first-order valence-electron chi connectivity index (χ1n) is 8.33. The first-order valence-corrected chi connectivity index (χ1v) is 8.33. The molecule has 4 nitrogen and oxygen atoms in total. The molecule has 0 heterocycles. The van der Waals surface area contributed by atoms with E-state index >= 15 is 0 Å². The van der Waals surface area contributed by atoms with Crippen LogP contribution in [0.4, 0.5) is 0 Å². The van der Waals surface area contributed by atoms with Crippen LogP contribution < -0.4 is 4.74 Å². The van der Waals surface area contributed by atoms with Gasteiger partial charge in [0.2, 0.25) is 0 Å². The lowest BCUT2D eigenvalue weighted by atomic mass is 9.87. The van der Waals surface area contributed by atoms with E-state index in [2.05, 4.69) is 32.9 Å². The molecule has 3 unspecified atom stereocenters. The molecule has 0 aliphatic carbocycles. The van der Waals surface area contributed by atoms with Crippen LogP contribution in [0.15, 0.2) is 24.3 Å². The minimum Gasteiger partial charge on any atom is -0.491 e. The SMILES string of the molecule is CC(O)COC(C)COC(C)COc1ccc(C(C)(C)C)cc1. The Balaban J connectivity index is 2.29. The summed E-state index contributed by atoms with van der Waals surface area (Å²) in [5.41, 5.74) is 1.44. The fourth-order valence-electron chi connectivity index (χ4n) is 1.96. The highest BCUT2D eigenvalue weighted by Gasteiger charge is 2.13. The van der Waals surface area contributed by atoms with Crippen LogP contribution in [0.3, 0.4) is 0 Å². The molecule has 0 saturated carbocycles. The van der Waals surface area contributed by atoms with Gasteiger partial charge in [-0.05, 0) is 43.9 Å². The Bertz CT molecular complexity index is 434. The third kappa shape index (κ3) is 8.35. The van der Waals surface area contributed by atoms with Gasteiger partial charge in [0.1, 0.15) is 12.4 Å². The van der Waals surface area contributed by atoms with Crippen LogP contribution in [0.25, 0.3) is 0 Å². The van der Waals surface area contributed by atoms with E-state index in [-0.39, 0.29) is 17.6 Å². The summed E-state index contributed by atoms with van der Waals surface area (Å²) in [6.07, 6.45) is -0.512. The van der Waals surface area contributed by atoms with E-state index in [9.17, 15) is 5.11 Å². The van der Waals surface area contributed by atoms with Gasteiger partial charge in [-0.3, -0.25) is 0 Å². The van der Waals surface area contributed by atoms with Crippen molar-refractivity contribution in [3.05, 3.63) is 29.8 Å². The molecule has 1 rings (SSSR count). The molecule has 0 bridgehead atoms. The fraction of sp³-hybridized carbons (Fsp3) is 0.684. The molecule has 0 amide bonds. The van der Waals surface area contributed by atoms with Gasteiger partial charge >= 0.3 is 0 Å². The van der Waals surface area contributed by atoms with Crippen molar-refractivity contribution in [2.24, 2.45) is 0 Å². The van der Waals surface area contributed by atoms with Crippen molar-refractivity contribution in [3.8, 4) is 5.75 Å². The minimum atomic E-state index is -0.450. The van der Waals surface area contributed by atoms with E-state index in [1.165, 1.54) is 5.56 Å². The topological polar surface area (TPSA) is 47.9 Å². The van der Waals surface area contributed by atoms with Crippen LogP contribution in [0.2, 0.25) is 0 Å². The van der Waals surface area contributed by atoms with E-state index < -0.39 is 6.10 Å². The fourth-order valence-corrected chi connectivity index (χ4v) is 1.96. The maximum Gasteiger partial charge on any atom is 0.119 e. The molecule has 0 fully saturated rings. The van der Waals surface area contributed by atoms with E-state index in [1.54, 1.807) is 6.92 Å². The van der Waals surface area contributed by atoms with Gasteiger partial charge in [0, 0.05) is 0 Å². The lowest BCUT2D eigenvalue weighted by Gasteiger charge is -2.20. The summed E-state index contributed by atoms with van der Waals surface area (Å²) in [7, 11) is 0. The smallest absolute Gasteiger partial charge is 0.119 e. The Labute approximate surface area is 140 Å². The lowest BCUT2D eigenvalue weighted by molar-refractivity contribution is -0.0599. The highest BCUT2D eigenvalue weighted by Crippen LogP contribution is 2.24. The Morgan fingerprint density at radius 2 is 1.39 bits per heavy atom. The number of hydrogen-bond donors (Lipinski definition) is 1. The van der Waals surface area contributed by atoms with Gasteiger partial charge in [-0.2, -0.15) is 0 Å². The predicted octanol–water partition coefficient (Wildman–Crippen LogP) is 3.55. The molecule has 23 heavy (non-hydrogen) atoms. The molecular weight excluding hydrogens is 292 g/mol. The predicted molar refractivity (Wildman–Crippen MR) is 93.1 cm³/mol. The first kappa shape index (κ1) is 19.9. The van der Waals surface area contributed by atoms with Crippen molar-refractivity contribution < 1.29 is 19.3 Å². The molecule has 0 radical (unpaired) electrons. The van der Waals surface area contributed by atoms with Gasteiger partial charge in [-0.1, -0.05) is 32.9 Å². The Morgan fingerprint density at radius 1 is 0.870 bits per heavy atom. The number of hydrogen-bond acceptors (Lipinski definition) is 4. The van der Waals surface area contributed by atoms with Crippen LogP contribution in [0.1, 0.15) is 47.1 Å². The maximum atomic E-state index is 9.17. The first-order chi connectivity index (χ1) is 10.7. The number of benzene rings is 1. The van der Waals surface area contributed by atoms with Gasteiger partial charge in [0.15, 0.2) is 0 Å². The van der Waals surface area contributed by atoms with Crippen molar-refractivity contribution in [3.63, 3.8) is 0 Å². The minimum absolute atomic E-state index is 0.0186. The van der Waals surface area contributed by atoms with Crippen LogP contribution in [0.5, 0.6) is 5.75 Å². The summed E-state index contributed by atoms with van der Waals surface area (Å²) in [6, 6.07) is 8.21. The van der Waals surface area contributed by atoms with Gasteiger partial charge in [0.25, 0.3) is 0 Å². The zero-order valence-corrected chi connectivity index (χ0v) is 15.3. The van der Waals surface area contributed by atoms with Crippen molar-refractivity contribution in [1.29, 1.82) is 0 Å². The second-order valence-corrected chi connectivity index (χ2v) is 7.22. The second kappa shape index (κ2) is 9.26. The van der Waals surface area contributed by atoms with Crippen molar-refractivity contribution in [2.75, 3.05) is 19.8 Å². The number of aliphatic hydroxyl groups is 1. The molecule has 0 aliphatic heterocycles. The van der Waals surface area contributed by atoms with Crippen LogP contribution in [-0.2, 0) is 14.9 Å². The van der Waals surface area contributed by atoms with Crippen molar-refractivity contribution >= 4 is 0 Å². The van der Waals surface area contributed by atoms with Gasteiger partial charge in [0.05, 0.1) is 31.5 Å². The number of aliphatic hydroxyl groups excluding tert-OH is 1. The molecule has 0 saturated heterocycles. The maximum absolute atomic E-state index is 9.17. The van der Waals surface area contributed by atoms with E-state index in [0.717, 1.165) is 5.75 Å². The molecule has 132 valence electrons. The number of ether oxygens (including phenoxy) is 3. The summed E-state index contributed by atoms with van der Waals surface area (Å²) in [5, 5.41) is 9.17. The summed E-state index contributed by atoms with van der Waals surface area (Å²) in [6.45, 7) is 13.5. The molecule has 1 aromatic rings. The third-order valence-corrected chi connectivity index (χ3v) is 3.44. The average Bonchev–Trinajstić information content (AvgIpc) is 2.48. The van der Waals surface area contributed by atoms with Gasteiger partial charge in [-0.15, -0.1) is 0 Å². The summed E-state index contributed by atoms with van der Waals surface area (Å²) in [4.78, 5) is 0. The number of rotatable bonds is 9. The van der Waals surface area contributed by atoms with E-state index in [4.69, 9.17) is 14.2 Å². The van der Waals surface area contributed by atoms with Crippen molar-refractivity contribution in [1.82, 2.24) is 0 Å². The largest absolute Gasteiger partial charge is 0.491 e. The van der Waals surface area contributed by atoms with Crippen LogP contribution >= 0.6 is 0 Å². The molecule has 0 aliphatic rings. The average molecular weight is 324 g/mol. The molecular formula is C19H32O4. The van der Waals surface area contributed by atoms with Gasteiger partial charge < -0.3 is 19.3 Å². The summed E-state index contributed by atoms with van der Waals surface area (Å²) < 4.78 is 16.9. The normalized spacial score (nSPS) is 16.0. The summed E-state index contributed by atoms with van der Waals surface area (Å²) >= 11 is 0. The zero-order chi connectivity index (χ0) is 17.5. The van der Waals surface area contributed by atoms with Crippen LogP contribution in [0, 0.1) is 0 Å². The highest BCUT2D eigenvalue weighted by molar-refractivity contribution is 5.31. The zero-order valence-electron chi connectivity index (χ0n) is 15.3. The van der Waals surface area contributed by atoms with Crippen molar-refractivity contribution in [2.45, 2.75) is 65.3 Å². The molecule has 3 atom stereocenters. The van der Waals surface area contributed by atoms with E-state index in [1.807, 2.05) is 26.0 Å². The van der Waals surface area contributed by atoms with Gasteiger partial charge in [-0.25, -0.2) is 0 Å². The molecule has 1 aromatic carbocycles. The lowest BCUT2D eigenvalue weighted by Crippen LogP contribution is -2.26.